The molecule has 1 aromatic carbocycles. The summed E-state index contributed by atoms with van der Waals surface area (Å²) in [5, 5.41) is 7.92. The Morgan fingerprint density at radius 1 is 1.29 bits per heavy atom. The maximum Gasteiger partial charge on any atom is 0.139 e. The van der Waals surface area contributed by atoms with Crippen LogP contribution in [0.4, 0.5) is 0 Å². The summed E-state index contributed by atoms with van der Waals surface area (Å²) in [4.78, 5) is 5.18. The maximum atomic E-state index is 4.07. The van der Waals surface area contributed by atoms with E-state index in [1.165, 1.54) is 17.4 Å². The van der Waals surface area contributed by atoms with Gasteiger partial charge in [-0.15, -0.1) is 9.89 Å². The standard InChI is InChI=1S/C9H7BrN4/c10-9-3-1-8(2-4-9)5-12-14-7-11-6-13-14/h1-7H/b12-5+. The number of hydrogen-bond acceptors (Lipinski definition) is 3. The number of aromatic nitrogens is 3. The van der Waals surface area contributed by atoms with Crippen molar-refractivity contribution in [1.82, 2.24) is 14.9 Å². The molecule has 1 heterocycles. The second kappa shape index (κ2) is 4.15. The minimum atomic E-state index is 1.02. The Bertz CT molecular complexity index is 419. The highest BCUT2D eigenvalue weighted by Gasteiger charge is 1.88. The van der Waals surface area contributed by atoms with Crippen molar-refractivity contribution in [3.05, 3.63) is 47.0 Å². The zero-order valence-electron chi connectivity index (χ0n) is 7.21. The van der Waals surface area contributed by atoms with Crippen LogP contribution < -0.4 is 0 Å². The van der Waals surface area contributed by atoms with Gasteiger partial charge in [0.1, 0.15) is 12.7 Å². The minimum absolute atomic E-state index is 1.02. The van der Waals surface area contributed by atoms with Crippen LogP contribution in [0.2, 0.25) is 0 Å². The summed E-state index contributed by atoms with van der Waals surface area (Å²) in [5.41, 5.74) is 1.02. The zero-order valence-corrected chi connectivity index (χ0v) is 8.79. The number of halogens is 1. The van der Waals surface area contributed by atoms with E-state index < -0.39 is 0 Å². The normalized spacial score (nSPS) is 10.9. The van der Waals surface area contributed by atoms with Crippen molar-refractivity contribution in [1.29, 1.82) is 0 Å². The third-order valence-corrected chi connectivity index (χ3v) is 2.13. The number of hydrogen-bond donors (Lipinski definition) is 0. The fourth-order valence-electron chi connectivity index (χ4n) is 0.936. The molecule has 2 aromatic rings. The molecule has 0 aliphatic rings. The van der Waals surface area contributed by atoms with E-state index in [4.69, 9.17) is 0 Å². The topological polar surface area (TPSA) is 43.1 Å². The SMILES string of the molecule is Brc1ccc(/C=N/n2cncn2)cc1. The lowest BCUT2D eigenvalue weighted by atomic mass is 10.2. The Morgan fingerprint density at radius 3 is 2.71 bits per heavy atom. The Morgan fingerprint density at radius 2 is 2.07 bits per heavy atom. The average molecular weight is 251 g/mol. The third kappa shape index (κ3) is 2.26. The fraction of sp³-hybridized carbons (Fsp3) is 0. The largest absolute Gasteiger partial charge is 0.221 e. The van der Waals surface area contributed by atoms with Gasteiger partial charge in [0.2, 0.25) is 0 Å². The van der Waals surface area contributed by atoms with Crippen LogP contribution in [0.25, 0.3) is 0 Å². The van der Waals surface area contributed by atoms with Crippen LogP contribution in [0.5, 0.6) is 0 Å². The molecule has 70 valence electrons. The van der Waals surface area contributed by atoms with Crippen molar-refractivity contribution in [2.75, 3.05) is 0 Å². The lowest BCUT2D eigenvalue weighted by molar-refractivity contribution is 0.743. The molecule has 1 aromatic heterocycles. The maximum absolute atomic E-state index is 4.07. The van der Waals surface area contributed by atoms with Gasteiger partial charge in [-0.1, -0.05) is 28.1 Å². The van der Waals surface area contributed by atoms with Crippen molar-refractivity contribution in [3.63, 3.8) is 0 Å². The lowest BCUT2D eigenvalue weighted by Crippen LogP contribution is -1.90. The van der Waals surface area contributed by atoms with Crippen LogP contribution in [0.15, 0.2) is 46.5 Å². The van der Waals surface area contributed by atoms with Crippen molar-refractivity contribution in [2.45, 2.75) is 0 Å². The zero-order chi connectivity index (χ0) is 9.80. The lowest BCUT2D eigenvalue weighted by Gasteiger charge is -1.92. The fourth-order valence-corrected chi connectivity index (χ4v) is 1.20. The van der Waals surface area contributed by atoms with Crippen molar-refractivity contribution >= 4 is 22.1 Å². The predicted octanol–water partition coefficient (Wildman–Crippen LogP) is 1.92. The molecule has 0 spiro atoms. The van der Waals surface area contributed by atoms with Gasteiger partial charge in [0.15, 0.2) is 0 Å². The molecular formula is C9H7BrN4. The molecule has 0 saturated carbocycles. The van der Waals surface area contributed by atoms with Crippen LogP contribution in [0.3, 0.4) is 0 Å². The molecule has 0 unspecified atom stereocenters. The number of benzene rings is 1. The van der Waals surface area contributed by atoms with Crippen LogP contribution in [-0.4, -0.2) is 21.1 Å². The van der Waals surface area contributed by atoms with Gasteiger partial charge in [-0.25, -0.2) is 4.98 Å². The van der Waals surface area contributed by atoms with Crippen LogP contribution >= 0.6 is 15.9 Å². The first kappa shape index (κ1) is 9.08. The molecule has 0 amide bonds. The Hall–Kier alpha value is -1.49. The molecule has 0 aliphatic heterocycles. The molecular weight excluding hydrogens is 244 g/mol. The van der Waals surface area contributed by atoms with E-state index in [1.807, 2.05) is 24.3 Å². The molecule has 2 rings (SSSR count). The van der Waals surface area contributed by atoms with Gasteiger partial charge in [0.05, 0.1) is 6.21 Å². The van der Waals surface area contributed by atoms with Crippen molar-refractivity contribution < 1.29 is 0 Å². The second-order valence-electron chi connectivity index (χ2n) is 2.61. The monoisotopic (exact) mass is 250 g/mol. The van der Waals surface area contributed by atoms with E-state index in [-0.39, 0.29) is 0 Å². The number of nitrogens with zero attached hydrogens (tertiary/aromatic N) is 4. The van der Waals surface area contributed by atoms with Gasteiger partial charge in [0, 0.05) is 4.47 Å². The third-order valence-electron chi connectivity index (χ3n) is 1.60. The molecule has 0 fully saturated rings. The van der Waals surface area contributed by atoms with Gasteiger partial charge >= 0.3 is 0 Å². The highest BCUT2D eigenvalue weighted by molar-refractivity contribution is 9.10. The van der Waals surface area contributed by atoms with E-state index in [9.17, 15) is 0 Å². The van der Waals surface area contributed by atoms with Gasteiger partial charge in [0.25, 0.3) is 0 Å². The molecule has 0 saturated heterocycles. The molecule has 14 heavy (non-hydrogen) atoms. The van der Waals surface area contributed by atoms with E-state index in [0.717, 1.165) is 10.0 Å². The molecule has 0 atom stereocenters. The van der Waals surface area contributed by atoms with Gasteiger partial charge in [-0.3, -0.25) is 0 Å². The number of rotatable bonds is 2. The van der Waals surface area contributed by atoms with Gasteiger partial charge in [-0.2, -0.15) is 5.10 Å². The molecule has 0 aliphatic carbocycles. The summed E-state index contributed by atoms with van der Waals surface area (Å²) >= 11 is 3.36. The highest BCUT2D eigenvalue weighted by Crippen LogP contribution is 2.08. The van der Waals surface area contributed by atoms with Crippen LogP contribution in [-0.2, 0) is 0 Å². The van der Waals surface area contributed by atoms with Crippen molar-refractivity contribution in [2.24, 2.45) is 5.10 Å². The molecule has 4 nitrogen and oxygen atoms in total. The summed E-state index contributed by atoms with van der Waals surface area (Å²) in [5.74, 6) is 0. The van der Waals surface area contributed by atoms with E-state index in [0.29, 0.717) is 0 Å². The Labute approximate surface area is 89.4 Å². The second-order valence-corrected chi connectivity index (χ2v) is 3.53. The van der Waals surface area contributed by atoms with E-state index in [2.05, 4.69) is 31.1 Å². The summed E-state index contributed by atoms with van der Waals surface area (Å²) in [6, 6.07) is 7.85. The summed E-state index contributed by atoms with van der Waals surface area (Å²) in [7, 11) is 0. The molecule has 0 N–H and O–H groups in total. The molecule has 5 heteroatoms. The average Bonchev–Trinajstić information content (AvgIpc) is 2.70. The quantitative estimate of drug-likeness (QED) is 0.765. The van der Waals surface area contributed by atoms with Crippen molar-refractivity contribution in [3.8, 4) is 0 Å². The smallest absolute Gasteiger partial charge is 0.139 e. The van der Waals surface area contributed by atoms with Gasteiger partial charge < -0.3 is 0 Å². The highest BCUT2D eigenvalue weighted by atomic mass is 79.9. The van der Waals surface area contributed by atoms with E-state index in [1.54, 1.807) is 6.21 Å². The summed E-state index contributed by atoms with van der Waals surface area (Å²) in [6.07, 6.45) is 4.70. The minimum Gasteiger partial charge on any atom is -0.221 e. The van der Waals surface area contributed by atoms with Gasteiger partial charge in [-0.05, 0) is 17.7 Å². The molecule has 0 radical (unpaired) electrons. The molecule has 0 bridgehead atoms. The van der Waals surface area contributed by atoms with E-state index >= 15 is 0 Å². The Balaban J connectivity index is 2.15. The first-order valence-electron chi connectivity index (χ1n) is 3.99. The van der Waals surface area contributed by atoms with Crippen LogP contribution in [0.1, 0.15) is 5.56 Å². The first-order valence-corrected chi connectivity index (χ1v) is 4.78. The van der Waals surface area contributed by atoms with Crippen LogP contribution in [0, 0.1) is 0 Å². The first-order chi connectivity index (χ1) is 6.84. The predicted molar refractivity (Wildman–Crippen MR) is 57.2 cm³/mol. The summed E-state index contributed by atoms with van der Waals surface area (Å²) in [6.45, 7) is 0. The summed E-state index contributed by atoms with van der Waals surface area (Å²) < 4.78 is 1.05. The Kier molecular flexibility index (Phi) is 2.69.